The summed E-state index contributed by atoms with van der Waals surface area (Å²) in [7, 11) is -3.65. The number of sulfonamides is 1. The fourth-order valence-electron chi connectivity index (χ4n) is 1.91. The Hall–Kier alpha value is -1.22. The molecule has 1 aromatic carbocycles. The van der Waals surface area contributed by atoms with Crippen molar-refractivity contribution < 1.29 is 8.42 Å². The van der Waals surface area contributed by atoms with Crippen LogP contribution in [0.4, 0.5) is 5.69 Å². The van der Waals surface area contributed by atoms with Crippen LogP contribution in [0.1, 0.15) is 18.4 Å². The first-order chi connectivity index (χ1) is 9.36. The summed E-state index contributed by atoms with van der Waals surface area (Å²) < 4.78 is 26.6. The Morgan fingerprint density at radius 2 is 2.15 bits per heavy atom. The highest BCUT2D eigenvalue weighted by molar-refractivity contribution is 7.89. The van der Waals surface area contributed by atoms with E-state index in [-0.39, 0.29) is 11.4 Å². The highest BCUT2D eigenvalue weighted by Gasteiger charge is 2.31. The molecule has 0 amide bonds. The molecule has 0 spiro atoms. The molecular formula is C14H17ClN2O2S. The Morgan fingerprint density at radius 1 is 1.50 bits per heavy atom. The third kappa shape index (κ3) is 3.09. The minimum atomic E-state index is -3.65. The van der Waals surface area contributed by atoms with Gasteiger partial charge in [0.15, 0.2) is 0 Å². The van der Waals surface area contributed by atoms with Crippen molar-refractivity contribution in [1.29, 1.82) is 0 Å². The number of halogens is 1. The first kappa shape index (κ1) is 15.2. The minimum absolute atomic E-state index is 0.0598. The second-order valence-corrected chi connectivity index (χ2v) is 7.41. The molecule has 1 aromatic rings. The summed E-state index contributed by atoms with van der Waals surface area (Å²) in [6, 6.07) is 2.87. The predicted molar refractivity (Wildman–Crippen MR) is 80.9 cm³/mol. The van der Waals surface area contributed by atoms with Crippen molar-refractivity contribution in [3.63, 3.8) is 0 Å². The van der Waals surface area contributed by atoms with Crippen molar-refractivity contribution in [1.82, 2.24) is 4.31 Å². The first-order valence-corrected chi connectivity index (χ1v) is 8.17. The molecular weight excluding hydrogens is 296 g/mol. The van der Waals surface area contributed by atoms with E-state index >= 15 is 0 Å². The molecule has 4 nitrogen and oxygen atoms in total. The lowest BCUT2D eigenvalue weighted by Gasteiger charge is -2.20. The van der Waals surface area contributed by atoms with Crippen molar-refractivity contribution in [2.24, 2.45) is 5.92 Å². The van der Waals surface area contributed by atoms with Gasteiger partial charge in [0.1, 0.15) is 0 Å². The Bertz CT molecular complexity index is 637. The zero-order chi connectivity index (χ0) is 14.9. The molecule has 0 saturated heterocycles. The molecule has 2 rings (SSSR count). The summed E-state index contributed by atoms with van der Waals surface area (Å²) in [5, 5.41) is 0.343. The third-order valence-electron chi connectivity index (χ3n) is 3.42. The maximum Gasteiger partial charge on any atom is 0.244 e. The van der Waals surface area contributed by atoms with Crippen LogP contribution in [0.15, 0.2) is 17.0 Å². The normalized spacial score (nSPS) is 15.3. The maximum absolute atomic E-state index is 12.6. The van der Waals surface area contributed by atoms with Gasteiger partial charge in [-0.05, 0) is 43.4 Å². The molecule has 2 N–H and O–H groups in total. The largest absolute Gasteiger partial charge is 0.398 e. The van der Waals surface area contributed by atoms with Crippen LogP contribution in [0.3, 0.4) is 0 Å². The molecule has 0 atom stereocenters. The lowest BCUT2D eigenvalue weighted by Crippen LogP contribution is -2.33. The van der Waals surface area contributed by atoms with E-state index < -0.39 is 10.0 Å². The van der Waals surface area contributed by atoms with Crippen molar-refractivity contribution in [2.75, 3.05) is 18.8 Å². The second kappa shape index (κ2) is 5.65. The van der Waals surface area contributed by atoms with Crippen LogP contribution in [-0.4, -0.2) is 25.8 Å². The number of benzene rings is 1. The molecule has 20 heavy (non-hydrogen) atoms. The van der Waals surface area contributed by atoms with Gasteiger partial charge >= 0.3 is 0 Å². The van der Waals surface area contributed by atoms with E-state index in [9.17, 15) is 8.42 Å². The molecule has 1 aliphatic carbocycles. The van der Waals surface area contributed by atoms with E-state index in [0.717, 1.165) is 12.8 Å². The van der Waals surface area contributed by atoms with Crippen LogP contribution in [0.5, 0.6) is 0 Å². The van der Waals surface area contributed by atoms with Gasteiger partial charge in [-0.2, -0.15) is 4.31 Å². The van der Waals surface area contributed by atoms with Crippen LogP contribution >= 0.6 is 11.6 Å². The average Bonchev–Trinajstić information content (AvgIpc) is 3.18. The van der Waals surface area contributed by atoms with Crippen LogP contribution in [0.25, 0.3) is 0 Å². The number of rotatable bonds is 5. The summed E-state index contributed by atoms with van der Waals surface area (Å²) >= 11 is 6.02. The Morgan fingerprint density at radius 3 is 2.65 bits per heavy atom. The molecule has 1 aliphatic rings. The number of nitrogens with two attached hydrogens (primary N) is 1. The SMILES string of the molecule is C#CCN(CC1CC1)S(=O)(=O)c1cc(N)c(C)c(Cl)c1. The van der Waals surface area contributed by atoms with Gasteiger partial charge in [0.05, 0.1) is 11.4 Å². The molecule has 108 valence electrons. The fourth-order valence-corrected chi connectivity index (χ4v) is 3.69. The highest BCUT2D eigenvalue weighted by Crippen LogP contribution is 2.33. The molecule has 0 aliphatic heterocycles. The lowest BCUT2D eigenvalue weighted by molar-refractivity contribution is 0.430. The number of anilines is 1. The van der Waals surface area contributed by atoms with Crippen molar-refractivity contribution in [2.45, 2.75) is 24.7 Å². The van der Waals surface area contributed by atoms with Gasteiger partial charge in [-0.15, -0.1) is 6.42 Å². The number of hydrogen-bond donors (Lipinski definition) is 1. The standard InChI is InChI=1S/C14H17ClN2O2S/c1-3-6-17(9-11-4-5-11)20(18,19)12-7-13(15)10(2)14(16)8-12/h1,7-8,11H,4-6,9,16H2,2H3. The van der Waals surface area contributed by atoms with Gasteiger partial charge in [-0.1, -0.05) is 17.5 Å². The number of hydrogen-bond acceptors (Lipinski definition) is 3. The van der Waals surface area contributed by atoms with Crippen LogP contribution < -0.4 is 5.73 Å². The van der Waals surface area contributed by atoms with Crippen molar-refractivity contribution in [3.8, 4) is 12.3 Å². The highest BCUT2D eigenvalue weighted by atomic mass is 35.5. The fraction of sp³-hybridized carbons (Fsp3) is 0.429. The Kier molecular flexibility index (Phi) is 4.28. The average molecular weight is 313 g/mol. The smallest absolute Gasteiger partial charge is 0.244 e. The zero-order valence-corrected chi connectivity index (χ0v) is 12.8. The number of nitrogens with zero attached hydrogens (tertiary/aromatic N) is 1. The molecule has 0 unspecified atom stereocenters. The van der Waals surface area contributed by atoms with Gasteiger partial charge < -0.3 is 5.73 Å². The minimum Gasteiger partial charge on any atom is -0.398 e. The molecule has 6 heteroatoms. The van der Waals surface area contributed by atoms with Gasteiger partial charge in [0, 0.05) is 17.3 Å². The molecule has 0 bridgehead atoms. The second-order valence-electron chi connectivity index (χ2n) is 5.06. The summed E-state index contributed by atoms with van der Waals surface area (Å²) in [5.74, 6) is 2.81. The van der Waals surface area contributed by atoms with Gasteiger partial charge in [0.25, 0.3) is 0 Å². The third-order valence-corrected chi connectivity index (χ3v) is 5.60. The maximum atomic E-state index is 12.6. The zero-order valence-electron chi connectivity index (χ0n) is 11.3. The predicted octanol–water partition coefficient (Wildman–Crippen LogP) is 2.26. The van der Waals surface area contributed by atoms with E-state index in [1.807, 2.05) is 0 Å². The van der Waals surface area contributed by atoms with E-state index in [1.165, 1.54) is 16.4 Å². The van der Waals surface area contributed by atoms with Crippen molar-refractivity contribution in [3.05, 3.63) is 22.7 Å². The van der Waals surface area contributed by atoms with Gasteiger partial charge in [-0.25, -0.2) is 8.42 Å². The van der Waals surface area contributed by atoms with Crippen LogP contribution in [0.2, 0.25) is 5.02 Å². The molecule has 0 heterocycles. The number of nitrogen functional groups attached to an aromatic ring is 1. The molecule has 1 fully saturated rings. The Labute approximate surface area is 125 Å². The molecule has 0 aromatic heterocycles. The molecule has 1 saturated carbocycles. The Balaban J connectivity index is 2.39. The lowest BCUT2D eigenvalue weighted by atomic mass is 10.2. The van der Waals surface area contributed by atoms with Crippen molar-refractivity contribution >= 4 is 27.3 Å². The summed E-state index contributed by atoms with van der Waals surface area (Å²) in [4.78, 5) is 0.0986. The first-order valence-electron chi connectivity index (χ1n) is 6.35. The van der Waals surface area contributed by atoms with Crippen LogP contribution in [-0.2, 0) is 10.0 Å². The van der Waals surface area contributed by atoms with E-state index in [1.54, 1.807) is 6.92 Å². The topological polar surface area (TPSA) is 63.4 Å². The van der Waals surface area contributed by atoms with E-state index in [4.69, 9.17) is 23.8 Å². The van der Waals surface area contributed by atoms with Gasteiger partial charge in [-0.3, -0.25) is 0 Å². The summed E-state index contributed by atoms with van der Waals surface area (Å²) in [6.07, 6.45) is 7.38. The van der Waals surface area contributed by atoms with Crippen LogP contribution in [0, 0.1) is 25.2 Å². The number of terminal acetylenes is 1. The van der Waals surface area contributed by atoms with Gasteiger partial charge in [0.2, 0.25) is 10.0 Å². The monoisotopic (exact) mass is 312 g/mol. The summed E-state index contributed by atoms with van der Waals surface area (Å²) in [5.41, 5.74) is 6.84. The van der Waals surface area contributed by atoms with E-state index in [2.05, 4.69) is 5.92 Å². The molecule has 0 radical (unpaired) electrons. The summed E-state index contributed by atoms with van der Waals surface area (Å²) in [6.45, 7) is 2.26. The quantitative estimate of drug-likeness (QED) is 0.670. The van der Waals surface area contributed by atoms with E-state index in [0.29, 0.717) is 28.7 Å².